The van der Waals surface area contributed by atoms with E-state index in [0.29, 0.717) is 25.1 Å². The van der Waals surface area contributed by atoms with Crippen molar-refractivity contribution in [2.45, 2.75) is 26.3 Å². The summed E-state index contributed by atoms with van der Waals surface area (Å²) in [7, 11) is 0. The third-order valence-corrected chi connectivity index (χ3v) is 4.87. The molecule has 26 heavy (non-hydrogen) atoms. The monoisotopic (exact) mass is 367 g/mol. The largest absolute Gasteiger partial charge is 0.351 e. The van der Waals surface area contributed by atoms with E-state index in [2.05, 4.69) is 10.3 Å². The first kappa shape index (κ1) is 18.1. The van der Waals surface area contributed by atoms with Crippen LogP contribution in [-0.4, -0.2) is 22.0 Å². The highest BCUT2D eigenvalue weighted by Crippen LogP contribution is 2.05. The van der Waals surface area contributed by atoms with Gasteiger partial charge >= 0.3 is 0 Å². The first-order valence-corrected chi connectivity index (χ1v) is 9.48. The van der Waals surface area contributed by atoms with Crippen molar-refractivity contribution in [2.24, 2.45) is 0 Å². The van der Waals surface area contributed by atoms with Crippen molar-refractivity contribution >= 4 is 17.2 Å². The summed E-state index contributed by atoms with van der Waals surface area (Å²) in [5.74, 6) is -0.322. The quantitative estimate of drug-likeness (QED) is 0.698. The number of hydrogen-bond acceptors (Lipinski definition) is 4. The lowest BCUT2D eigenvalue weighted by molar-refractivity contribution is 0.0951. The number of carbonyl (C=O) groups is 1. The Morgan fingerprint density at radius 3 is 2.73 bits per heavy atom. The molecule has 134 valence electrons. The zero-order valence-corrected chi connectivity index (χ0v) is 15.5. The lowest BCUT2D eigenvalue weighted by Gasteiger charge is -2.11. The summed E-state index contributed by atoms with van der Waals surface area (Å²) in [4.78, 5) is 29.4. The molecule has 0 aliphatic rings. The number of hydrogen-bond donors (Lipinski definition) is 1. The minimum Gasteiger partial charge on any atom is -0.351 e. The van der Waals surface area contributed by atoms with Crippen LogP contribution in [0.25, 0.3) is 0 Å². The molecule has 0 unspecified atom stereocenters. The average Bonchev–Trinajstić information content (AvgIpc) is 3.15. The highest BCUT2D eigenvalue weighted by molar-refractivity contribution is 7.07. The Hall–Kier alpha value is -2.73. The third kappa shape index (κ3) is 4.46. The molecule has 0 fully saturated rings. The second-order valence-corrected chi connectivity index (χ2v) is 6.81. The van der Waals surface area contributed by atoms with Gasteiger partial charge in [-0.2, -0.15) is 0 Å². The molecular formula is C20H21N3O2S. The van der Waals surface area contributed by atoms with Gasteiger partial charge in [0, 0.05) is 31.1 Å². The Morgan fingerprint density at radius 2 is 2.00 bits per heavy atom. The molecule has 3 rings (SSSR count). The van der Waals surface area contributed by atoms with Crippen molar-refractivity contribution in [3.05, 3.63) is 86.2 Å². The van der Waals surface area contributed by atoms with Gasteiger partial charge < -0.3 is 9.88 Å². The summed E-state index contributed by atoms with van der Waals surface area (Å²) >= 11 is 1.53. The van der Waals surface area contributed by atoms with Gasteiger partial charge in [0.25, 0.3) is 11.5 Å². The Morgan fingerprint density at radius 1 is 1.19 bits per heavy atom. The second kappa shape index (κ2) is 8.58. The fourth-order valence-electron chi connectivity index (χ4n) is 2.77. The Balaban J connectivity index is 1.68. The predicted octanol–water partition coefficient (Wildman–Crippen LogP) is 2.83. The van der Waals surface area contributed by atoms with Crippen LogP contribution in [0.3, 0.4) is 0 Å². The van der Waals surface area contributed by atoms with Crippen molar-refractivity contribution in [3.8, 4) is 0 Å². The Kier molecular flexibility index (Phi) is 5.96. The molecule has 3 aromatic rings. The standard InChI is InChI=1S/C20H21N3O2S/c1-15-8-11-23(12-9-16-5-3-2-4-6-16)20(25)18(15)19(24)21-10-7-17-13-26-14-22-17/h2-6,8,11,13-14H,7,9-10,12H2,1H3,(H,21,24). The summed E-state index contributed by atoms with van der Waals surface area (Å²) in [5, 5.41) is 4.79. The maximum Gasteiger partial charge on any atom is 0.263 e. The number of pyridine rings is 1. The molecule has 0 saturated heterocycles. The summed E-state index contributed by atoms with van der Waals surface area (Å²) in [5.41, 5.74) is 4.54. The van der Waals surface area contributed by atoms with Gasteiger partial charge in [-0.1, -0.05) is 30.3 Å². The summed E-state index contributed by atoms with van der Waals surface area (Å²) < 4.78 is 1.61. The van der Waals surface area contributed by atoms with Crippen molar-refractivity contribution < 1.29 is 4.79 Å². The molecule has 1 amide bonds. The van der Waals surface area contributed by atoms with Crippen LogP contribution in [0.5, 0.6) is 0 Å². The van der Waals surface area contributed by atoms with E-state index in [1.54, 1.807) is 23.2 Å². The van der Waals surface area contributed by atoms with E-state index in [0.717, 1.165) is 17.7 Å². The molecule has 0 atom stereocenters. The van der Waals surface area contributed by atoms with Crippen LogP contribution < -0.4 is 10.9 Å². The van der Waals surface area contributed by atoms with Crippen LogP contribution >= 0.6 is 11.3 Å². The van der Waals surface area contributed by atoms with Gasteiger partial charge in [-0.15, -0.1) is 11.3 Å². The average molecular weight is 367 g/mol. The number of amides is 1. The van der Waals surface area contributed by atoms with E-state index in [4.69, 9.17) is 0 Å². The maximum atomic E-state index is 12.7. The van der Waals surface area contributed by atoms with E-state index in [-0.39, 0.29) is 17.0 Å². The Bertz CT molecular complexity index is 918. The molecule has 0 spiro atoms. The molecule has 0 aliphatic heterocycles. The topological polar surface area (TPSA) is 64.0 Å². The number of nitrogens with zero attached hydrogens (tertiary/aromatic N) is 2. The molecule has 0 saturated carbocycles. The van der Waals surface area contributed by atoms with Gasteiger partial charge in [0.2, 0.25) is 0 Å². The van der Waals surface area contributed by atoms with E-state index < -0.39 is 0 Å². The molecule has 1 N–H and O–H groups in total. The van der Waals surface area contributed by atoms with Crippen molar-refractivity contribution in [3.63, 3.8) is 0 Å². The second-order valence-electron chi connectivity index (χ2n) is 6.09. The maximum absolute atomic E-state index is 12.7. The van der Waals surface area contributed by atoms with E-state index in [9.17, 15) is 9.59 Å². The normalized spacial score (nSPS) is 10.7. The van der Waals surface area contributed by atoms with Crippen LogP contribution in [0, 0.1) is 6.92 Å². The molecule has 2 heterocycles. The number of aryl methyl sites for hydroxylation is 3. The van der Waals surface area contributed by atoms with Crippen LogP contribution in [-0.2, 0) is 19.4 Å². The fraction of sp³-hybridized carbons (Fsp3) is 0.250. The molecule has 6 heteroatoms. The minimum absolute atomic E-state index is 0.221. The smallest absolute Gasteiger partial charge is 0.263 e. The zero-order valence-electron chi connectivity index (χ0n) is 14.6. The van der Waals surface area contributed by atoms with Crippen LogP contribution in [0.15, 0.2) is 58.3 Å². The van der Waals surface area contributed by atoms with Gasteiger partial charge in [-0.05, 0) is 30.5 Å². The lowest BCUT2D eigenvalue weighted by Crippen LogP contribution is -2.35. The van der Waals surface area contributed by atoms with Crippen molar-refractivity contribution in [2.75, 3.05) is 6.54 Å². The van der Waals surface area contributed by atoms with Crippen LogP contribution in [0.4, 0.5) is 0 Å². The molecule has 5 nitrogen and oxygen atoms in total. The zero-order chi connectivity index (χ0) is 18.4. The van der Waals surface area contributed by atoms with Gasteiger partial charge in [0.15, 0.2) is 0 Å². The third-order valence-electron chi connectivity index (χ3n) is 4.23. The number of thiazole rings is 1. The van der Waals surface area contributed by atoms with Crippen LogP contribution in [0.1, 0.15) is 27.2 Å². The highest BCUT2D eigenvalue weighted by Gasteiger charge is 2.15. The molecule has 0 radical (unpaired) electrons. The van der Waals surface area contributed by atoms with E-state index >= 15 is 0 Å². The molecule has 1 aromatic carbocycles. The molecule has 0 aliphatic carbocycles. The highest BCUT2D eigenvalue weighted by atomic mass is 32.1. The first-order valence-electron chi connectivity index (χ1n) is 8.54. The van der Waals surface area contributed by atoms with Gasteiger partial charge in [-0.25, -0.2) is 4.98 Å². The number of benzene rings is 1. The predicted molar refractivity (Wildman–Crippen MR) is 104 cm³/mol. The first-order chi connectivity index (χ1) is 12.6. The SMILES string of the molecule is Cc1ccn(CCc2ccccc2)c(=O)c1C(=O)NCCc1cscn1. The van der Waals surface area contributed by atoms with E-state index in [1.807, 2.05) is 41.8 Å². The number of rotatable bonds is 7. The molecule has 2 aromatic heterocycles. The summed E-state index contributed by atoms with van der Waals surface area (Å²) in [6.45, 7) is 2.79. The Labute approximate surface area is 156 Å². The molecular weight excluding hydrogens is 346 g/mol. The molecule has 0 bridgehead atoms. The van der Waals surface area contributed by atoms with E-state index in [1.165, 1.54) is 11.3 Å². The lowest BCUT2D eigenvalue weighted by atomic mass is 10.1. The van der Waals surface area contributed by atoms with Gasteiger partial charge in [0.05, 0.1) is 11.2 Å². The van der Waals surface area contributed by atoms with Gasteiger partial charge in [0.1, 0.15) is 5.56 Å². The number of nitrogens with one attached hydrogen (secondary N) is 1. The summed E-state index contributed by atoms with van der Waals surface area (Å²) in [6, 6.07) is 11.8. The van der Waals surface area contributed by atoms with Crippen LogP contribution in [0.2, 0.25) is 0 Å². The summed E-state index contributed by atoms with van der Waals surface area (Å²) in [6.07, 6.45) is 3.16. The fourth-order valence-corrected chi connectivity index (χ4v) is 3.36. The number of carbonyl (C=O) groups excluding carboxylic acids is 1. The number of aromatic nitrogens is 2. The minimum atomic E-state index is -0.322. The van der Waals surface area contributed by atoms with Crippen molar-refractivity contribution in [1.29, 1.82) is 0 Å². The van der Waals surface area contributed by atoms with Gasteiger partial charge in [-0.3, -0.25) is 9.59 Å². The van der Waals surface area contributed by atoms with Crippen molar-refractivity contribution in [1.82, 2.24) is 14.9 Å².